The maximum Gasteiger partial charge on any atom is 0.335 e. The number of fused-ring (bicyclic) bond motifs is 4. The highest BCUT2D eigenvalue weighted by molar-refractivity contribution is 6.30. The number of aromatic nitrogens is 1. The molecule has 42 heavy (non-hydrogen) atoms. The average Bonchev–Trinajstić information content (AvgIpc) is 2.98. The van der Waals surface area contributed by atoms with Gasteiger partial charge in [-0.3, -0.25) is 19.7 Å². The number of carbonyl (C=O) groups is 3. The van der Waals surface area contributed by atoms with Crippen LogP contribution < -0.4 is 25.2 Å². The second kappa shape index (κ2) is 11.1. The summed E-state index contributed by atoms with van der Waals surface area (Å²) in [5, 5.41) is 2.49. The Morgan fingerprint density at radius 1 is 0.905 bits per heavy atom. The summed E-state index contributed by atoms with van der Waals surface area (Å²) < 4.78 is 12.7. The van der Waals surface area contributed by atoms with Gasteiger partial charge in [0.1, 0.15) is 16.9 Å². The van der Waals surface area contributed by atoms with E-state index in [9.17, 15) is 19.2 Å². The van der Waals surface area contributed by atoms with Crippen LogP contribution in [0.25, 0.3) is 0 Å². The number of imide groups is 2. The van der Waals surface area contributed by atoms with Crippen LogP contribution in [0.1, 0.15) is 30.5 Å². The largest absolute Gasteiger partial charge is 0.497 e. The molecule has 0 unspecified atom stereocenters. The Hall–Kier alpha value is -4.44. The van der Waals surface area contributed by atoms with Gasteiger partial charge in [-0.1, -0.05) is 18.2 Å². The molecule has 0 radical (unpaired) electrons. The van der Waals surface area contributed by atoms with Gasteiger partial charge in [0.2, 0.25) is 5.91 Å². The molecule has 4 heterocycles. The van der Waals surface area contributed by atoms with Crippen LogP contribution in [0.2, 0.25) is 0 Å². The standard InChI is InChI=1S/C32H34N4O6/c1-3-42-26-13-9-24(10-14-26)36-30(39)32(29(38)33-31(36)40,16-21-7-11-25(41-2)12-8-21)20-34-17-22-15-23(19-34)27-5-4-6-28(37)35(27)18-22/h4-14,22-23H,3,15-20H2,1-2H3,(H,33,38,40)/t22-,23+,32+/m0/s1. The van der Waals surface area contributed by atoms with Gasteiger partial charge in [0.25, 0.3) is 11.5 Å². The molecule has 2 saturated heterocycles. The monoisotopic (exact) mass is 570 g/mol. The van der Waals surface area contributed by atoms with Gasteiger partial charge >= 0.3 is 6.03 Å². The summed E-state index contributed by atoms with van der Waals surface area (Å²) in [6.07, 6.45) is 1.05. The number of hydrogen-bond acceptors (Lipinski definition) is 7. The van der Waals surface area contributed by atoms with Crippen molar-refractivity contribution in [3.63, 3.8) is 0 Å². The Kier molecular flexibility index (Phi) is 7.32. The number of anilines is 1. The van der Waals surface area contributed by atoms with Gasteiger partial charge in [-0.2, -0.15) is 0 Å². The van der Waals surface area contributed by atoms with E-state index in [1.807, 2.05) is 29.7 Å². The fourth-order valence-corrected chi connectivity index (χ4v) is 6.72. The third-order valence-electron chi connectivity index (χ3n) is 8.59. The third kappa shape index (κ3) is 4.96. The van der Waals surface area contributed by atoms with E-state index in [0.717, 1.165) is 22.6 Å². The van der Waals surface area contributed by atoms with E-state index >= 15 is 0 Å². The number of piperidine rings is 1. The van der Waals surface area contributed by atoms with Gasteiger partial charge in [-0.05, 0) is 73.7 Å². The number of hydrogen-bond donors (Lipinski definition) is 1. The molecule has 0 saturated carbocycles. The molecule has 2 bridgehead atoms. The molecule has 3 atom stereocenters. The van der Waals surface area contributed by atoms with Gasteiger partial charge in [-0.15, -0.1) is 0 Å². The molecule has 4 amide bonds. The molecule has 2 fully saturated rings. The second-order valence-electron chi connectivity index (χ2n) is 11.3. The number of benzene rings is 2. The summed E-state index contributed by atoms with van der Waals surface area (Å²) in [5.41, 5.74) is 0.547. The van der Waals surface area contributed by atoms with Crippen molar-refractivity contribution in [2.24, 2.45) is 11.3 Å². The lowest BCUT2D eigenvalue weighted by atomic mass is 9.75. The fourth-order valence-electron chi connectivity index (χ4n) is 6.72. The number of nitrogens with zero attached hydrogens (tertiary/aromatic N) is 3. The van der Waals surface area contributed by atoms with Crippen molar-refractivity contribution in [3.8, 4) is 11.5 Å². The lowest BCUT2D eigenvalue weighted by molar-refractivity contribution is -0.144. The van der Waals surface area contributed by atoms with Gasteiger partial charge in [0, 0.05) is 43.9 Å². The number of urea groups is 1. The Labute approximate surface area is 243 Å². The van der Waals surface area contributed by atoms with Crippen molar-refractivity contribution in [1.82, 2.24) is 14.8 Å². The third-order valence-corrected chi connectivity index (χ3v) is 8.59. The average molecular weight is 571 g/mol. The van der Waals surface area contributed by atoms with Gasteiger partial charge in [0.15, 0.2) is 0 Å². The first-order valence-electron chi connectivity index (χ1n) is 14.3. The number of likely N-dealkylation sites (tertiary alicyclic amines) is 1. The highest BCUT2D eigenvalue weighted by Crippen LogP contribution is 2.39. The molecule has 3 aliphatic heterocycles. The first-order chi connectivity index (χ1) is 20.3. The first kappa shape index (κ1) is 27.7. The van der Waals surface area contributed by atoms with Crippen molar-refractivity contribution in [1.29, 1.82) is 0 Å². The van der Waals surface area contributed by atoms with Crippen LogP contribution in [-0.2, 0) is 22.6 Å². The van der Waals surface area contributed by atoms with Crippen LogP contribution >= 0.6 is 0 Å². The topological polar surface area (TPSA) is 110 Å². The van der Waals surface area contributed by atoms with E-state index in [4.69, 9.17) is 9.47 Å². The van der Waals surface area contributed by atoms with Crippen LogP contribution in [0.4, 0.5) is 10.5 Å². The summed E-state index contributed by atoms with van der Waals surface area (Å²) in [6, 6.07) is 18.6. The van der Waals surface area contributed by atoms with E-state index in [0.29, 0.717) is 43.4 Å². The van der Waals surface area contributed by atoms with Crippen LogP contribution in [0.3, 0.4) is 0 Å². The molecule has 10 nitrogen and oxygen atoms in total. The number of rotatable bonds is 8. The van der Waals surface area contributed by atoms with E-state index in [-0.39, 0.29) is 30.4 Å². The smallest absolute Gasteiger partial charge is 0.335 e. The molecule has 1 N–H and O–H groups in total. The zero-order valence-corrected chi connectivity index (χ0v) is 23.7. The number of amides is 4. The van der Waals surface area contributed by atoms with Crippen LogP contribution in [-0.4, -0.2) is 60.7 Å². The van der Waals surface area contributed by atoms with E-state index in [1.165, 1.54) is 0 Å². The number of methoxy groups -OCH3 is 1. The lowest BCUT2D eigenvalue weighted by Gasteiger charge is -2.47. The zero-order valence-electron chi connectivity index (χ0n) is 23.7. The highest BCUT2D eigenvalue weighted by Gasteiger charge is 2.55. The van der Waals surface area contributed by atoms with Gasteiger partial charge in [0.05, 0.1) is 19.4 Å². The van der Waals surface area contributed by atoms with Crippen molar-refractivity contribution >= 4 is 23.5 Å². The second-order valence-corrected chi connectivity index (χ2v) is 11.3. The van der Waals surface area contributed by atoms with E-state index in [2.05, 4.69) is 10.2 Å². The number of ether oxygens (including phenoxy) is 2. The molecule has 3 aromatic rings. The van der Waals surface area contributed by atoms with Crippen LogP contribution in [0, 0.1) is 11.3 Å². The number of barbiturate groups is 1. The Morgan fingerprint density at radius 2 is 1.64 bits per heavy atom. The summed E-state index contributed by atoms with van der Waals surface area (Å²) in [6.45, 7) is 4.33. The predicted molar refractivity (Wildman–Crippen MR) is 156 cm³/mol. The Bertz CT molecular complexity index is 1570. The van der Waals surface area contributed by atoms with Crippen LogP contribution in [0.5, 0.6) is 11.5 Å². The number of carbonyl (C=O) groups excluding carboxylic acids is 3. The zero-order chi connectivity index (χ0) is 29.4. The minimum Gasteiger partial charge on any atom is -0.497 e. The van der Waals surface area contributed by atoms with Gasteiger partial charge in [-0.25, -0.2) is 9.69 Å². The molecule has 6 rings (SSSR count). The molecule has 0 spiro atoms. The van der Waals surface area contributed by atoms with Crippen molar-refractivity contribution in [2.45, 2.75) is 32.2 Å². The minimum absolute atomic E-state index is 0.00188. The summed E-state index contributed by atoms with van der Waals surface area (Å²) in [7, 11) is 1.58. The first-order valence-corrected chi connectivity index (χ1v) is 14.3. The quantitative estimate of drug-likeness (QED) is 0.414. The molecule has 218 valence electrons. The number of nitrogens with one attached hydrogen (secondary N) is 1. The summed E-state index contributed by atoms with van der Waals surface area (Å²) in [4.78, 5) is 57.2. The summed E-state index contributed by atoms with van der Waals surface area (Å²) in [5.74, 6) is 0.420. The SMILES string of the molecule is CCOc1ccc(N2C(=O)NC(=O)[C@@](Cc3ccc(OC)cc3)(CN3C[C@@H]4C[C@H](C3)c3cccc(=O)n3C4)C2=O)cc1. The van der Waals surface area contributed by atoms with E-state index in [1.54, 1.807) is 55.6 Å². The molecular weight excluding hydrogens is 536 g/mol. The van der Waals surface area contributed by atoms with Crippen LogP contribution in [0.15, 0.2) is 71.5 Å². The molecule has 3 aliphatic rings. The molecular formula is C32H34N4O6. The lowest BCUT2D eigenvalue weighted by Crippen LogP contribution is -2.68. The highest BCUT2D eigenvalue weighted by atomic mass is 16.5. The van der Waals surface area contributed by atoms with Crippen molar-refractivity contribution < 1.29 is 23.9 Å². The maximum absolute atomic E-state index is 14.5. The number of pyridine rings is 1. The fraction of sp³-hybridized carbons (Fsp3) is 0.375. The Balaban J connectivity index is 1.36. The van der Waals surface area contributed by atoms with Crippen molar-refractivity contribution in [3.05, 3.63) is 88.3 Å². The maximum atomic E-state index is 14.5. The summed E-state index contributed by atoms with van der Waals surface area (Å²) >= 11 is 0. The molecule has 0 aliphatic carbocycles. The van der Waals surface area contributed by atoms with Crippen molar-refractivity contribution in [2.75, 3.05) is 38.3 Å². The Morgan fingerprint density at radius 3 is 2.36 bits per heavy atom. The molecule has 1 aromatic heterocycles. The minimum atomic E-state index is -1.57. The normalized spacial score (nSPS) is 23.8. The molecule has 2 aromatic carbocycles. The molecule has 10 heteroatoms. The predicted octanol–water partition coefficient (Wildman–Crippen LogP) is 3.19. The van der Waals surface area contributed by atoms with Gasteiger partial charge < -0.3 is 18.9 Å². The van der Waals surface area contributed by atoms with E-state index < -0.39 is 23.3 Å².